The fourth-order valence-corrected chi connectivity index (χ4v) is 3.05. The van der Waals surface area contributed by atoms with E-state index in [-0.39, 0.29) is 0 Å². The van der Waals surface area contributed by atoms with Crippen molar-refractivity contribution in [1.82, 2.24) is 15.1 Å². The van der Waals surface area contributed by atoms with Gasteiger partial charge in [-0.2, -0.15) is 5.10 Å². The largest absolute Gasteiger partial charge is 0.478 e. The van der Waals surface area contributed by atoms with Gasteiger partial charge in [-0.05, 0) is 37.1 Å². The first kappa shape index (κ1) is 13.8. The maximum absolute atomic E-state index is 11.3. The molecule has 1 aliphatic heterocycles. The van der Waals surface area contributed by atoms with Crippen LogP contribution in [0.25, 0.3) is 0 Å². The third-order valence-corrected chi connectivity index (χ3v) is 4.11. The van der Waals surface area contributed by atoms with E-state index >= 15 is 0 Å². The molecule has 0 saturated carbocycles. The molecule has 0 amide bonds. The van der Waals surface area contributed by atoms with E-state index in [9.17, 15) is 9.90 Å². The van der Waals surface area contributed by atoms with Crippen molar-refractivity contribution in [1.29, 1.82) is 0 Å². The van der Waals surface area contributed by atoms with Gasteiger partial charge in [-0.25, -0.2) is 4.79 Å². The Morgan fingerprint density at radius 3 is 3.00 bits per heavy atom. The number of piperidine rings is 1. The average molecular weight is 285 g/mol. The molecule has 0 bridgehead atoms. The van der Waals surface area contributed by atoms with E-state index in [1.165, 1.54) is 5.69 Å². The summed E-state index contributed by atoms with van der Waals surface area (Å²) in [5, 5.41) is 16.3. The zero-order chi connectivity index (χ0) is 14.7. The lowest BCUT2D eigenvalue weighted by atomic mass is 9.94. The zero-order valence-corrected chi connectivity index (χ0v) is 11.8. The minimum absolute atomic E-state index is 0.404. The number of hydrogen-bond donors (Lipinski definition) is 2. The van der Waals surface area contributed by atoms with Crippen LogP contribution >= 0.6 is 0 Å². The third-order valence-electron chi connectivity index (χ3n) is 4.11. The van der Waals surface area contributed by atoms with Crippen LogP contribution in [0.5, 0.6) is 0 Å². The van der Waals surface area contributed by atoms with Gasteiger partial charge in [0, 0.05) is 30.9 Å². The predicted molar refractivity (Wildman–Crippen MR) is 79.2 cm³/mol. The highest BCUT2D eigenvalue weighted by atomic mass is 16.4. The van der Waals surface area contributed by atoms with E-state index in [1.54, 1.807) is 18.3 Å². The first-order chi connectivity index (χ1) is 10.2. The Kier molecular flexibility index (Phi) is 4.01. The van der Waals surface area contributed by atoms with E-state index in [0.29, 0.717) is 18.0 Å². The van der Waals surface area contributed by atoms with Crippen LogP contribution in [-0.4, -0.2) is 39.3 Å². The monoisotopic (exact) mass is 285 g/mol. The summed E-state index contributed by atoms with van der Waals surface area (Å²) in [6.07, 6.45) is 4.06. The van der Waals surface area contributed by atoms with Crippen molar-refractivity contribution < 1.29 is 9.90 Å². The highest BCUT2D eigenvalue weighted by Crippen LogP contribution is 2.26. The topological polar surface area (TPSA) is 69.2 Å². The van der Waals surface area contributed by atoms with Crippen molar-refractivity contribution in [3.05, 3.63) is 53.3 Å². The predicted octanol–water partition coefficient (Wildman–Crippen LogP) is 2.49. The highest BCUT2D eigenvalue weighted by Gasteiger charge is 2.23. The summed E-state index contributed by atoms with van der Waals surface area (Å²) in [4.78, 5) is 13.6. The van der Waals surface area contributed by atoms with Crippen LogP contribution in [0, 0.1) is 0 Å². The Balaban J connectivity index is 1.72. The summed E-state index contributed by atoms with van der Waals surface area (Å²) < 4.78 is 0. The Labute approximate surface area is 123 Å². The number of aromatic amines is 1. The Bertz CT molecular complexity index is 610. The van der Waals surface area contributed by atoms with Gasteiger partial charge in [-0.1, -0.05) is 18.2 Å². The van der Waals surface area contributed by atoms with E-state index in [0.717, 1.165) is 31.5 Å². The van der Waals surface area contributed by atoms with Crippen LogP contribution in [0.1, 0.15) is 40.4 Å². The smallest absolute Gasteiger partial charge is 0.336 e. The standard InChI is InChI=1S/C16H19N3O2/c20-16(21)14-6-2-1-4-12(14)10-19-9-3-5-13(11-19)15-7-8-17-18-15/h1-2,4,6-8,13H,3,5,9-11H2,(H,17,18)(H,20,21)/t13-/m1/s1. The van der Waals surface area contributed by atoms with Crippen molar-refractivity contribution in [2.45, 2.75) is 25.3 Å². The Morgan fingerprint density at radius 1 is 1.38 bits per heavy atom. The van der Waals surface area contributed by atoms with Gasteiger partial charge in [0.05, 0.1) is 5.56 Å². The van der Waals surface area contributed by atoms with E-state index in [4.69, 9.17) is 0 Å². The molecule has 1 fully saturated rings. The molecule has 2 aromatic rings. The van der Waals surface area contributed by atoms with Gasteiger partial charge < -0.3 is 5.11 Å². The van der Waals surface area contributed by atoms with Gasteiger partial charge in [0.1, 0.15) is 0 Å². The quantitative estimate of drug-likeness (QED) is 0.905. The lowest BCUT2D eigenvalue weighted by Gasteiger charge is -2.32. The molecule has 1 atom stereocenters. The number of likely N-dealkylation sites (tertiary alicyclic amines) is 1. The number of aromatic nitrogens is 2. The lowest BCUT2D eigenvalue weighted by molar-refractivity contribution is 0.0694. The van der Waals surface area contributed by atoms with Gasteiger partial charge in [-0.3, -0.25) is 10.00 Å². The summed E-state index contributed by atoms with van der Waals surface area (Å²) in [5.41, 5.74) is 2.46. The molecule has 1 saturated heterocycles. The summed E-state index contributed by atoms with van der Waals surface area (Å²) in [7, 11) is 0. The Morgan fingerprint density at radius 2 is 2.24 bits per heavy atom. The molecule has 3 rings (SSSR count). The van der Waals surface area contributed by atoms with Crippen molar-refractivity contribution in [3.63, 3.8) is 0 Å². The SMILES string of the molecule is O=C(O)c1ccccc1CN1CCC[C@@H](c2ccn[nH]2)C1. The van der Waals surface area contributed by atoms with Crippen molar-refractivity contribution in [2.24, 2.45) is 0 Å². The number of carboxylic acids is 1. The van der Waals surface area contributed by atoms with Gasteiger partial charge in [0.2, 0.25) is 0 Å². The summed E-state index contributed by atoms with van der Waals surface area (Å²) >= 11 is 0. The first-order valence-electron chi connectivity index (χ1n) is 7.27. The third kappa shape index (κ3) is 3.13. The van der Waals surface area contributed by atoms with Crippen LogP contribution in [0.2, 0.25) is 0 Å². The van der Waals surface area contributed by atoms with Crippen molar-refractivity contribution in [2.75, 3.05) is 13.1 Å². The molecule has 0 spiro atoms. The molecule has 0 aliphatic carbocycles. The van der Waals surface area contributed by atoms with Gasteiger partial charge >= 0.3 is 5.97 Å². The van der Waals surface area contributed by atoms with E-state index < -0.39 is 5.97 Å². The number of H-pyrrole nitrogens is 1. The van der Waals surface area contributed by atoms with Gasteiger partial charge in [0.25, 0.3) is 0 Å². The number of hydrogen-bond acceptors (Lipinski definition) is 3. The van der Waals surface area contributed by atoms with Crippen LogP contribution in [0.3, 0.4) is 0 Å². The lowest BCUT2D eigenvalue weighted by Crippen LogP contribution is -2.34. The van der Waals surface area contributed by atoms with E-state index in [1.807, 2.05) is 18.2 Å². The van der Waals surface area contributed by atoms with Crippen LogP contribution < -0.4 is 0 Å². The zero-order valence-electron chi connectivity index (χ0n) is 11.8. The number of rotatable bonds is 4. The highest BCUT2D eigenvalue weighted by molar-refractivity contribution is 5.89. The van der Waals surface area contributed by atoms with Crippen LogP contribution in [0.4, 0.5) is 0 Å². The van der Waals surface area contributed by atoms with Gasteiger partial charge in [0.15, 0.2) is 0 Å². The molecule has 0 radical (unpaired) electrons. The molecule has 0 unspecified atom stereocenters. The summed E-state index contributed by atoms with van der Waals surface area (Å²) in [6.45, 7) is 2.64. The minimum atomic E-state index is -0.854. The second-order valence-electron chi connectivity index (χ2n) is 5.55. The van der Waals surface area contributed by atoms with E-state index in [2.05, 4.69) is 15.1 Å². The summed E-state index contributed by atoms with van der Waals surface area (Å²) in [5.74, 6) is -0.397. The maximum Gasteiger partial charge on any atom is 0.336 e. The number of nitrogens with zero attached hydrogens (tertiary/aromatic N) is 2. The molecule has 110 valence electrons. The molecule has 1 aliphatic rings. The summed E-state index contributed by atoms with van der Waals surface area (Å²) in [6, 6.07) is 9.28. The van der Waals surface area contributed by atoms with Crippen molar-refractivity contribution in [3.8, 4) is 0 Å². The fraction of sp³-hybridized carbons (Fsp3) is 0.375. The molecule has 1 aromatic carbocycles. The van der Waals surface area contributed by atoms with Crippen molar-refractivity contribution >= 4 is 5.97 Å². The molecule has 5 heteroatoms. The molecule has 1 aromatic heterocycles. The number of carboxylic acid groups (broad SMARTS) is 1. The molecule has 2 heterocycles. The molecule has 21 heavy (non-hydrogen) atoms. The first-order valence-corrected chi connectivity index (χ1v) is 7.27. The minimum Gasteiger partial charge on any atom is -0.478 e. The molecular weight excluding hydrogens is 266 g/mol. The van der Waals surface area contributed by atoms with Crippen LogP contribution in [0.15, 0.2) is 36.5 Å². The maximum atomic E-state index is 11.3. The second-order valence-corrected chi connectivity index (χ2v) is 5.55. The Hall–Kier alpha value is -2.14. The molecule has 5 nitrogen and oxygen atoms in total. The molecular formula is C16H19N3O2. The average Bonchev–Trinajstić information content (AvgIpc) is 3.02. The number of benzene rings is 1. The van der Waals surface area contributed by atoms with Gasteiger partial charge in [-0.15, -0.1) is 0 Å². The second kappa shape index (κ2) is 6.10. The fourth-order valence-electron chi connectivity index (χ4n) is 3.05. The number of carbonyl (C=O) groups is 1. The molecule has 2 N–H and O–H groups in total. The number of aromatic carboxylic acids is 1. The van der Waals surface area contributed by atoms with Crippen LogP contribution in [-0.2, 0) is 6.54 Å². The number of nitrogens with one attached hydrogen (secondary N) is 1. The normalized spacial score (nSPS) is 19.5.